The van der Waals surface area contributed by atoms with Crippen LogP contribution in [-0.4, -0.2) is 55.8 Å². The third-order valence-electron chi connectivity index (χ3n) is 5.31. The number of guanidine groups is 1. The van der Waals surface area contributed by atoms with Crippen molar-refractivity contribution in [1.82, 2.24) is 15.5 Å². The van der Waals surface area contributed by atoms with Gasteiger partial charge >= 0.3 is 0 Å². The van der Waals surface area contributed by atoms with Gasteiger partial charge in [-0.1, -0.05) is 26.7 Å². The topological polar surface area (TPSA) is 69.1 Å². The minimum absolute atomic E-state index is 0.253. The molecule has 1 heterocycles. The maximum Gasteiger partial charge on any atom is 0.191 e. The lowest BCUT2D eigenvalue weighted by Gasteiger charge is -2.34. The van der Waals surface area contributed by atoms with Gasteiger partial charge in [-0.25, -0.2) is 0 Å². The number of likely N-dealkylation sites (tertiary alicyclic amines) is 1. The summed E-state index contributed by atoms with van der Waals surface area (Å²) in [6.45, 7) is 8.31. The first-order valence-corrected chi connectivity index (χ1v) is 10.1. The molecule has 0 aromatic heterocycles. The summed E-state index contributed by atoms with van der Waals surface area (Å²) in [5, 5.41) is 16.8. The molecule has 0 saturated carbocycles. The van der Waals surface area contributed by atoms with Crippen LogP contribution in [0.2, 0.25) is 0 Å². The van der Waals surface area contributed by atoms with Gasteiger partial charge < -0.3 is 20.5 Å². The summed E-state index contributed by atoms with van der Waals surface area (Å²) in [5.74, 6) is 2.31. The fourth-order valence-electron chi connectivity index (χ4n) is 3.64. The number of aromatic hydroxyl groups is 1. The molecule has 1 unspecified atom stereocenters. The van der Waals surface area contributed by atoms with Crippen LogP contribution >= 0.6 is 0 Å². The molecule has 0 bridgehead atoms. The van der Waals surface area contributed by atoms with Crippen molar-refractivity contribution in [3.8, 4) is 11.5 Å². The average molecular weight is 377 g/mol. The SMILES string of the molecule is CN=C(NCc1cc(OC)ccc1O)NCC(C(C)C)N1CCCCCC1. The Kier molecular flexibility index (Phi) is 8.72. The molecule has 6 nitrogen and oxygen atoms in total. The second-order valence-electron chi connectivity index (χ2n) is 7.56. The molecule has 1 atom stereocenters. The van der Waals surface area contributed by atoms with Crippen molar-refractivity contribution in [1.29, 1.82) is 0 Å². The van der Waals surface area contributed by atoms with Crippen molar-refractivity contribution in [2.45, 2.75) is 52.1 Å². The molecule has 1 aliphatic rings. The van der Waals surface area contributed by atoms with Gasteiger partial charge in [0, 0.05) is 31.7 Å². The molecule has 1 saturated heterocycles. The number of ether oxygens (including phenoxy) is 1. The number of aliphatic imine (C=N–C) groups is 1. The Morgan fingerprint density at radius 1 is 1.19 bits per heavy atom. The normalized spacial score (nSPS) is 17.4. The predicted molar refractivity (Wildman–Crippen MR) is 112 cm³/mol. The zero-order valence-corrected chi connectivity index (χ0v) is 17.3. The molecule has 3 N–H and O–H groups in total. The summed E-state index contributed by atoms with van der Waals surface area (Å²) in [6.07, 6.45) is 5.29. The number of methoxy groups -OCH3 is 1. The first kappa shape index (κ1) is 21.4. The average Bonchev–Trinajstić information content (AvgIpc) is 2.94. The molecule has 0 amide bonds. The quantitative estimate of drug-likeness (QED) is 0.504. The minimum Gasteiger partial charge on any atom is -0.508 e. The molecule has 1 aromatic carbocycles. The van der Waals surface area contributed by atoms with Crippen molar-refractivity contribution >= 4 is 5.96 Å². The van der Waals surface area contributed by atoms with Crippen LogP contribution in [0.25, 0.3) is 0 Å². The first-order valence-electron chi connectivity index (χ1n) is 10.1. The van der Waals surface area contributed by atoms with Crippen molar-refractivity contribution in [2.75, 3.05) is 33.8 Å². The fourth-order valence-corrected chi connectivity index (χ4v) is 3.64. The highest BCUT2D eigenvalue weighted by atomic mass is 16.5. The molecule has 0 aliphatic carbocycles. The minimum atomic E-state index is 0.253. The number of nitrogens with zero attached hydrogens (tertiary/aromatic N) is 2. The molecule has 1 aromatic rings. The van der Waals surface area contributed by atoms with Gasteiger partial charge in [-0.3, -0.25) is 9.89 Å². The van der Waals surface area contributed by atoms with Gasteiger partial charge in [0.15, 0.2) is 5.96 Å². The van der Waals surface area contributed by atoms with Gasteiger partial charge in [0.1, 0.15) is 11.5 Å². The highest BCUT2D eigenvalue weighted by molar-refractivity contribution is 5.79. The van der Waals surface area contributed by atoms with Crippen LogP contribution in [0.4, 0.5) is 0 Å². The summed E-state index contributed by atoms with van der Waals surface area (Å²) < 4.78 is 5.24. The molecule has 1 fully saturated rings. The van der Waals surface area contributed by atoms with Gasteiger partial charge in [-0.2, -0.15) is 0 Å². The van der Waals surface area contributed by atoms with E-state index in [0.29, 0.717) is 18.5 Å². The lowest BCUT2D eigenvalue weighted by atomic mass is 10.0. The van der Waals surface area contributed by atoms with Crippen molar-refractivity contribution in [3.05, 3.63) is 23.8 Å². The predicted octanol–water partition coefficient (Wildman–Crippen LogP) is 2.97. The fraction of sp³-hybridized carbons (Fsp3) is 0.667. The smallest absolute Gasteiger partial charge is 0.191 e. The van der Waals surface area contributed by atoms with E-state index in [0.717, 1.165) is 23.8 Å². The number of benzene rings is 1. The summed E-state index contributed by atoms with van der Waals surface area (Å²) >= 11 is 0. The Balaban J connectivity index is 1.91. The molecule has 0 spiro atoms. The molecular formula is C21H36N4O2. The van der Waals surface area contributed by atoms with Crippen molar-refractivity contribution in [2.24, 2.45) is 10.9 Å². The van der Waals surface area contributed by atoms with E-state index in [1.165, 1.54) is 38.8 Å². The molecule has 0 radical (unpaired) electrons. The van der Waals surface area contributed by atoms with Gasteiger partial charge in [0.25, 0.3) is 0 Å². The van der Waals surface area contributed by atoms with E-state index in [4.69, 9.17) is 4.74 Å². The second kappa shape index (κ2) is 11.0. The molecule has 2 rings (SSSR count). The number of nitrogens with one attached hydrogen (secondary N) is 2. The van der Waals surface area contributed by atoms with E-state index in [9.17, 15) is 5.11 Å². The molecule has 1 aliphatic heterocycles. The highest BCUT2D eigenvalue weighted by Crippen LogP contribution is 2.22. The van der Waals surface area contributed by atoms with Crippen LogP contribution < -0.4 is 15.4 Å². The Hall–Kier alpha value is -1.95. The number of rotatable bonds is 7. The number of phenols is 1. The summed E-state index contributed by atoms with van der Waals surface area (Å²) in [6, 6.07) is 5.73. The van der Waals surface area contributed by atoms with Gasteiger partial charge in [-0.05, 0) is 50.0 Å². The highest BCUT2D eigenvalue weighted by Gasteiger charge is 2.22. The number of hydrogen-bond donors (Lipinski definition) is 3. The lowest BCUT2D eigenvalue weighted by Crippen LogP contribution is -2.49. The second-order valence-corrected chi connectivity index (χ2v) is 7.56. The van der Waals surface area contributed by atoms with Crippen LogP contribution in [0.5, 0.6) is 11.5 Å². The largest absolute Gasteiger partial charge is 0.508 e. The van der Waals surface area contributed by atoms with Gasteiger partial charge in [-0.15, -0.1) is 0 Å². The van der Waals surface area contributed by atoms with Crippen LogP contribution in [-0.2, 0) is 6.54 Å². The Morgan fingerprint density at radius 2 is 1.89 bits per heavy atom. The Morgan fingerprint density at radius 3 is 2.48 bits per heavy atom. The number of phenolic OH excluding ortho intramolecular Hbond substituents is 1. The molecule has 152 valence electrons. The maximum absolute atomic E-state index is 10.0. The third kappa shape index (κ3) is 6.61. The zero-order chi connectivity index (χ0) is 19.6. The van der Waals surface area contributed by atoms with Crippen molar-refractivity contribution in [3.63, 3.8) is 0 Å². The van der Waals surface area contributed by atoms with E-state index in [2.05, 4.69) is 34.4 Å². The monoisotopic (exact) mass is 376 g/mol. The summed E-state index contributed by atoms with van der Waals surface area (Å²) in [5.41, 5.74) is 0.783. The van der Waals surface area contributed by atoms with Crippen LogP contribution in [0, 0.1) is 5.92 Å². The number of hydrogen-bond acceptors (Lipinski definition) is 4. The first-order chi connectivity index (χ1) is 13.0. The van der Waals surface area contributed by atoms with E-state index < -0.39 is 0 Å². The third-order valence-corrected chi connectivity index (χ3v) is 5.31. The summed E-state index contributed by atoms with van der Waals surface area (Å²) in [7, 11) is 3.40. The summed E-state index contributed by atoms with van der Waals surface area (Å²) in [4.78, 5) is 6.96. The zero-order valence-electron chi connectivity index (χ0n) is 17.3. The maximum atomic E-state index is 10.0. The molecule has 27 heavy (non-hydrogen) atoms. The molecule has 6 heteroatoms. The van der Waals surface area contributed by atoms with Crippen LogP contribution in [0.1, 0.15) is 45.1 Å². The van der Waals surface area contributed by atoms with E-state index in [-0.39, 0.29) is 5.75 Å². The van der Waals surface area contributed by atoms with E-state index >= 15 is 0 Å². The van der Waals surface area contributed by atoms with Gasteiger partial charge in [0.05, 0.1) is 7.11 Å². The van der Waals surface area contributed by atoms with Crippen LogP contribution in [0.15, 0.2) is 23.2 Å². The standard InChI is InChI=1S/C21H36N4O2/c1-16(2)19(25-11-7-5-6-8-12-25)15-24-21(22-3)23-14-17-13-18(27-4)9-10-20(17)26/h9-10,13,16,19,26H,5-8,11-12,14-15H2,1-4H3,(H2,22,23,24). The Labute approximate surface area is 164 Å². The van der Waals surface area contributed by atoms with Crippen LogP contribution in [0.3, 0.4) is 0 Å². The Bertz CT molecular complexity index is 596. The van der Waals surface area contributed by atoms with E-state index in [1.54, 1.807) is 26.3 Å². The van der Waals surface area contributed by atoms with E-state index in [1.807, 2.05) is 6.07 Å². The molecular weight excluding hydrogens is 340 g/mol. The lowest BCUT2D eigenvalue weighted by molar-refractivity contribution is 0.161. The van der Waals surface area contributed by atoms with Gasteiger partial charge in [0.2, 0.25) is 0 Å². The van der Waals surface area contributed by atoms with Crippen molar-refractivity contribution < 1.29 is 9.84 Å².